The third-order valence-corrected chi connectivity index (χ3v) is 3.53. The molecule has 0 radical (unpaired) electrons. The lowest BCUT2D eigenvalue weighted by Crippen LogP contribution is -2.31. The molecule has 2 heterocycles. The highest BCUT2D eigenvalue weighted by Gasteiger charge is 2.33. The number of carbonyl (C=O) groups is 2. The predicted molar refractivity (Wildman–Crippen MR) is 62.0 cm³/mol. The van der Waals surface area contributed by atoms with E-state index in [9.17, 15) is 14.7 Å². The van der Waals surface area contributed by atoms with Crippen molar-refractivity contribution in [2.24, 2.45) is 5.92 Å². The summed E-state index contributed by atoms with van der Waals surface area (Å²) in [6.45, 7) is 2.00. The number of rotatable bonds is 4. The second-order valence-corrected chi connectivity index (χ2v) is 4.70. The summed E-state index contributed by atoms with van der Waals surface area (Å²) in [7, 11) is 0. The van der Waals surface area contributed by atoms with E-state index in [1.807, 2.05) is 0 Å². The highest BCUT2D eigenvalue weighted by Crippen LogP contribution is 2.22. The van der Waals surface area contributed by atoms with Crippen molar-refractivity contribution in [2.75, 3.05) is 26.3 Å². The van der Waals surface area contributed by atoms with Gasteiger partial charge in [-0.05, 0) is 25.2 Å². The van der Waals surface area contributed by atoms with E-state index in [4.69, 9.17) is 9.84 Å². The Balaban J connectivity index is 1.85. The Labute approximate surface area is 105 Å². The van der Waals surface area contributed by atoms with E-state index >= 15 is 0 Å². The molecule has 0 bridgehead atoms. The number of nitrogens with zero attached hydrogens (tertiary/aromatic N) is 1. The van der Waals surface area contributed by atoms with Gasteiger partial charge in [-0.15, -0.1) is 0 Å². The first-order valence-electron chi connectivity index (χ1n) is 6.12. The van der Waals surface area contributed by atoms with Crippen molar-refractivity contribution in [3.8, 4) is 0 Å². The Morgan fingerprint density at radius 1 is 1.39 bits per heavy atom. The zero-order chi connectivity index (χ0) is 13.1. The average Bonchev–Trinajstić information content (AvgIpc) is 2.65. The first-order valence-corrected chi connectivity index (χ1v) is 6.12. The van der Waals surface area contributed by atoms with Gasteiger partial charge >= 0.3 is 5.97 Å². The quantitative estimate of drug-likeness (QED) is 0.765. The number of aliphatic carboxylic acids is 1. The van der Waals surface area contributed by atoms with E-state index in [0.29, 0.717) is 12.5 Å². The molecule has 0 aliphatic carbocycles. The van der Waals surface area contributed by atoms with E-state index in [1.165, 1.54) is 4.90 Å². The molecule has 0 atom stereocenters. The van der Waals surface area contributed by atoms with E-state index in [-0.39, 0.29) is 12.1 Å². The molecule has 18 heavy (non-hydrogen) atoms. The normalized spacial score (nSPS) is 21.8. The maximum absolute atomic E-state index is 11.6. The minimum atomic E-state index is -1.23. The number of ether oxygens (including phenoxy) is 1. The largest absolute Gasteiger partial charge is 0.503 e. The number of amides is 1. The van der Waals surface area contributed by atoms with Crippen molar-refractivity contribution in [2.45, 2.75) is 19.3 Å². The van der Waals surface area contributed by atoms with E-state index in [1.54, 1.807) is 0 Å². The summed E-state index contributed by atoms with van der Waals surface area (Å²) >= 11 is 0. The van der Waals surface area contributed by atoms with Gasteiger partial charge in [0.2, 0.25) is 0 Å². The summed E-state index contributed by atoms with van der Waals surface area (Å²) in [5, 5.41) is 18.2. The fourth-order valence-corrected chi connectivity index (χ4v) is 2.34. The van der Waals surface area contributed by atoms with Crippen molar-refractivity contribution in [1.82, 2.24) is 4.90 Å². The lowest BCUT2D eigenvalue weighted by molar-refractivity contribution is -0.133. The molecule has 2 aliphatic heterocycles. The van der Waals surface area contributed by atoms with Gasteiger partial charge in [-0.2, -0.15) is 0 Å². The van der Waals surface area contributed by atoms with Crippen LogP contribution in [0.4, 0.5) is 0 Å². The van der Waals surface area contributed by atoms with Gasteiger partial charge in [-0.25, -0.2) is 4.79 Å². The van der Waals surface area contributed by atoms with Crippen LogP contribution in [-0.2, 0) is 14.3 Å². The molecule has 0 aromatic rings. The van der Waals surface area contributed by atoms with Crippen LogP contribution in [0.15, 0.2) is 11.3 Å². The fraction of sp³-hybridized carbons (Fsp3) is 0.667. The first kappa shape index (κ1) is 12.9. The monoisotopic (exact) mass is 255 g/mol. The first-order chi connectivity index (χ1) is 8.59. The molecule has 2 N–H and O–H groups in total. The molecule has 1 amide bonds. The number of carboxylic acids is 1. The molecule has 2 aliphatic rings. The number of aliphatic hydroxyl groups is 1. The predicted octanol–water partition coefficient (Wildman–Crippen LogP) is 0.542. The number of hydrogen-bond donors (Lipinski definition) is 2. The van der Waals surface area contributed by atoms with Crippen LogP contribution in [0.1, 0.15) is 19.3 Å². The molecule has 100 valence electrons. The molecule has 6 heteroatoms. The Hall–Kier alpha value is -1.56. The van der Waals surface area contributed by atoms with Crippen molar-refractivity contribution >= 4 is 11.9 Å². The Morgan fingerprint density at radius 3 is 2.61 bits per heavy atom. The number of carboxylic acid groups (broad SMARTS) is 1. The Morgan fingerprint density at radius 2 is 2.06 bits per heavy atom. The fourth-order valence-electron chi connectivity index (χ4n) is 2.34. The molecule has 0 aromatic heterocycles. The molecular formula is C12H17NO5. The third kappa shape index (κ3) is 2.64. The Bertz CT molecular complexity index is 384. The molecule has 2 rings (SSSR count). The summed E-state index contributed by atoms with van der Waals surface area (Å²) in [6.07, 6.45) is 2.79. The summed E-state index contributed by atoms with van der Waals surface area (Å²) in [6, 6.07) is 0. The molecule has 0 aromatic carbocycles. The van der Waals surface area contributed by atoms with Crippen molar-refractivity contribution in [1.29, 1.82) is 0 Å². The maximum Gasteiger partial charge on any atom is 0.337 e. The Kier molecular flexibility index (Phi) is 3.86. The summed E-state index contributed by atoms with van der Waals surface area (Å²) < 4.78 is 5.25. The van der Waals surface area contributed by atoms with Gasteiger partial charge in [0.25, 0.3) is 5.91 Å². The van der Waals surface area contributed by atoms with E-state index in [0.717, 1.165) is 32.5 Å². The van der Waals surface area contributed by atoms with Crippen LogP contribution in [-0.4, -0.2) is 53.3 Å². The van der Waals surface area contributed by atoms with Gasteiger partial charge in [0.1, 0.15) is 5.57 Å². The highest BCUT2D eigenvalue weighted by atomic mass is 16.5. The number of carbonyl (C=O) groups excluding carboxylic acids is 1. The number of aliphatic hydroxyl groups excluding tert-OH is 1. The van der Waals surface area contributed by atoms with Crippen LogP contribution in [0.3, 0.4) is 0 Å². The molecule has 1 saturated heterocycles. The zero-order valence-corrected chi connectivity index (χ0v) is 10.1. The number of hydrogen-bond acceptors (Lipinski definition) is 4. The minimum Gasteiger partial charge on any atom is -0.503 e. The topological polar surface area (TPSA) is 87.1 Å². The van der Waals surface area contributed by atoms with Gasteiger partial charge in [0, 0.05) is 19.8 Å². The van der Waals surface area contributed by atoms with Gasteiger partial charge in [0.05, 0.1) is 6.54 Å². The van der Waals surface area contributed by atoms with Crippen molar-refractivity contribution in [3.63, 3.8) is 0 Å². The van der Waals surface area contributed by atoms with E-state index < -0.39 is 17.6 Å². The average molecular weight is 255 g/mol. The van der Waals surface area contributed by atoms with Gasteiger partial charge < -0.3 is 19.8 Å². The second kappa shape index (κ2) is 5.39. The van der Waals surface area contributed by atoms with Crippen LogP contribution in [0, 0.1) is 5.92 Å². The molecule has 0 spiro atoms. The molecule has 0 saturated carbocycles. The third-order valence-electron chi connectivity index (χ3n) is 3.53. The minimum absolute atomic E-state index is 0.00319. The lowest BCUT2D eigenvalue weighted by atomic mass is 9.96. The SMILES string of the molecule is O=C(O)C1=C(O)C(=O)N(CCC2CCOCC2)C1. The van der Waals surface area contributed by atoms with Gasteiger partial charge in [-0.3, -0.25) is 4.79 Å². The van der Waals surface area contributed by atoms with E-state index in [2.05, 4.69) is 0 Å². The summed E-state index contributed by atoms with van der Waals surface area (Å²) in [5.41, 5.74) is -0.202. The standard InChI is InChI=1S/C12H17NO5/c14-10-9(12(16)17)7-13(11(10)15)4-1-8-2-5-18-6-3-8/h8,14H,1-7H2,(H,16,17). The zero-order valence-electron chi connectivity index (χ0n) is 10.1. The van der Waals surface area contributed by atoms with Crippen molar-refractivity contribution in [3.05, 3.63) is 11.3 Å². The molecule has 1 fully saturated rings. The van der Waals surface area contributed by atoms with Gasteiger partial charge in [0.15, 0.2) is 5.76 Å². The summed E-state index contributed by atoms with van der Waals surface area (Å²) in [4.78, 5) is 23.8. The lowest BCUT2D eigenvalue weighted by Gasteiger charge is -2.24. The second-order valence-electron chi connectivity index (χ2n) is 4.70. The van der Waals surface area contributed by atoms with Crippen LogP contribution < -0.4 is 0 Å². The van der Waals surface area contributed by atoms with Crippen molar-refractivity contribution < 1.29 is 24.5 Å². The molecular weight excluding hydrogens is 238 g/mol. The molecule has 6 nitrogen and oxygen atoms in total. The van der Waals surface area contributed by atoms with Crippen LogP contribution in [0.5, 0.6) is 0 Å². The summed E-state index contributed by atoms with van der Waals surface area (Å²) in [5.74, 6) is -1.90. The van der Waals surface area contributed by atoms with Crippen LogP contribution >= 0.6 is 0 Å². The van der Waals surface area contributed by atoms with Gasteiger partial charge in [-0.1, -0.05) is 0 Å². The molecule has 0 unspecified atom stereocenters. The highest BCUT2D eigenvalue weighted by molar-refractivity contribution is 6.04. The van der Waals surface area contributed by atoms with Crippen LogP contribution in [0.25, 0.3) is 0 Å². The van der Waals surface area contributed by atoms with Crippen LogP contribution in [0.2, 0.25) is 0 Å². The smallest absolute Gasteiger partial charge is 0.337 e. The maximum atomic E-state index is 11.6.